The van der Waals surface area contributed by atoms with Crippen molar-refractivity contribution in [3.8, 4) is 0 Å². The fourth-order valence-corrected chi connectivity index (χ4v) is 3.32. The van der Waals surface area contributed by atoms with Gasteiger partial charge in [0.05, 0.1) is 25.7 Å². The van der Waals surface area contributed by atoms with E-state index in [0.717, 1.165) is 0 Å². The normalized spacial score (nSPS) is 40.2. The van der Waals surface area contributed by atoms with Gasteiger partial charge in [0.15, 0.2) is 0 Å². The molecule has 2 fully saturated rings. The van der Waals surface area contributed by atoms with Gasteiger partial charge in [-0.3, -0.25) is 4.79 Å². The summed E-state index contributed by atoms with van der Waals surface area (Å²) in [5.41, 5.74) is 0. The molecule has 126 valence electrons. The van der Waals surface area contributed by atoms with E-state index in [1.165, 1.54) is 13.2 Å². The predicted octanol–water partition coefficient (Wildman–Crippen LogP) is -0.104. The largest absolute Gasteiger partial charge is 0.469 e. The van der Waals surface area contributed by atoms with E-state index in [4.69, 9.17) is 9.47 Å². The third-order valence-corrected chi connectivity index (χ3v) is 4.49. The maximum absolute atomic E-state index is 11.3. The number of hydrogen-bond acceptors (Lipinski definition) is 7. The number of carbonyl (C=O) groups excluding carboxylic acids is 1. The summed E-state index contributed by atoms with van der Waals surface area (Å²) in [5.74, 6) is -0.379. The van der Waals surface area contributed by atoms with E-state index in [-0.39, 0.29) is 18.5 Å². The Kier molecular flexibility index (Phi) is 6.59. The van der Waals surface area contributed by atoms with Crippen LogP contribution in [0.3, 0.4) is 0 Å². The van der Waals surface area contributed by atoms with Crippen LogP contribution in [0.1, 0.15) is 19.3 Å². The molecular weight excluding hydrogens is 407 g/mol. The number of hydrogen-bond donors (Lipinski definition) is 3. The van der Waals surface area contributed by atoms with E-state index in [9.17, 15) is 20.1 Å². The summed E-state index contributed by atoms with van der Waals surface area (Å²) in [6.45, 7) is 0. The summed E-state index contributed by atoms with van der Waals surface area (Å²) < 4.78 is 17.6. The number of methoxy groups -OCH3 is 1. The summed E-state index contributed by atoms with van der Waals surface area (Å²) in [6.07, 6.45) is -3.09. The molecule has 0 aliphatic carbocycles. The van der Waals surface area contributed by atoms with Crippen molar-refractivity contribution in [2.75, 3.05) is 7.11 Å². The van der Waals surface area contributed by atoms with Crippen molar-refractivity contribution in [2.24, 2.45) is 0 Å². The third kappa shape index (κ3) is 3.98. The zero-order valence-electron chi connectivity index (χ0n) is 12.2. The second-order valence-electron chi connectivity index (χ2n) is 5.51. The van der Waals surface area contributed by atoms with Crippen LogP contribution >= 0.6 is 22.6 Å². The molecule has 0 spiro atoms. The molecule has 0 bridgehead atoms. The first-order valence-corrected chi connectivity index (χ1v) is 8.41. The van der Waals surface area contributed by atoms with Gasteiger partial charge in [-0.2, -0.15) is 0 Å². The number of aliphatic hydroxyl groups is 3. The molecular formula is C14H21IO7. The summed E-state index contributed by atoms with van der Waals surface area (Å²) in [4.78, 5) is 11.3. The number of carbonyl (C=O) groups is 1. The first-order chi connectivity index (χ1) is 10.5. The fourth-order valence-electron chi connectivity index (χ4n) is 2.90. The number of fused-ring (bicyclic) bond motifs is 1. The first-order valence-electron chi connectivity index (χ1n) is 7.16. The van der Waals surface area contributed by atoms with Gasteiger partial charge in [0, 0.05) is 0 Å². The second kappa shape index (κ2) is 8.02. The lowest BCUT2D eigenvalue weighted by Gasteiger charge is -2.47. The maximum Gasteiger partial charge on any atom is 0.308 e. The molecule has 3 N–H and O–H groups in total. The van der Waals surface area contributed by atoms with Gasteiger partial charge in [-0.05, 0) is 23.0 Å². The van der Waals surface area contributed by atoms with Crippen LogP contribution in [0.15, 0.2) is 10.2 Å². The fraction of sp³-hybridized carbons (Fsp3) is 0.786. The van der Waals surface area contributed by atoms with Gasteiger partial charge in [0.25, 0.3) is 0 Å². The van der Waals surface area contributed by atoms with Crippen LogP contribution in [0.2, 0.25) is 0 Å². The molecule has 0 saturated carbocycles. The molecule has 2 heterocycles. The molecule has 0 aromatic heterocycles. The summed E-state index contributed by atoms with van der Waals surface area (Å²) in [5, 5.41) is 30.4. The SMILES string of the molecule is COC(=O)CC1CCC2OC(C(O)/C=C/I)C(O)C(O)[C@H]2O1. The average Bonchev–Trinajstić information content (AvgIpc) is 2.51. The van der Waals surface area contributed by atoms with Crippen molar-refractivity contribution in [2.45, 2.75) is 62.0 Å². The van der Waals surface area contributed by atoms with Crippen LogP contribution in [0, 0.1) is 0 Å². The van der Waals surface area contributed by atoms with Crippen molar-refractivity contribution in [3.05, 3.63) is 10.2 Å². The highest BCUT2D eigenvalue weighted by Crippen LogP contribution is 2.34. The Morgan fingerprint density at radius 3 is 2.73 bits per heavy atom. The molecule has 22 heavy (non-hydrogen) atoms. The minimum Gasteiger partial charge on any atom is -0.469 e. The summed E-state index contributed by atoms with van der Waals surface area (Å²) >= 11 is 1.96. The van der Waals surface area contributed by atoms with E-state index in [2.05, 4.69) is 4.74 Å². The van der Waals surface area contributed by atoms with Gasteiger partial charge < -0.3 is 29.5 Å². The van der Waals surface area contributed by atoms with Crippen LogP contribution < -0.4 is 0 Å². The molecule has 2 rings (SSSR count). The van der Waals surface area contributed by atoms with Crippen LogP contribution in [-0.4, -0.2) is 71.1 Å². The number of aliphatic hydroxyl groups excluding tert-OH is 3. The maximum atomic E-state index is 11.3. The lowest BCUT2D eigenvalue weighted by atomic mass is 9.87. The van der Waals surface area contributed by atoms with E-state index in [0.29, 0.717) is 12.8 Å². The summed E-state index contributed by atoms with van der Waals surface area (Å²) in [7, 11) is 1.31. The van der Waals surface area contributed by atoms with E-state index in [1.54, 1.807) is 4.08 Å². The molecule has 7 atom stereocenters. The molecule has 2 saturated heterocycles. The molecule has 0 amide bonds. The zero-order chi connectivity index (χ0) is 16.3. The van der Waals surface area contributed by atoms with Gasteiger partial charge >= 0.3 is 5.97 Å². The standard InChI is InChI=1S/C14H21IO7/c1-20-10(17)6-7-2-3-9-14(21-7)12(19)11(18)13(22-9)8(16)4-5-15/h4-5,7-9,11-14,16,18-19H,2-3,6H2,1H3/b5-4+/t7?,8?,9?,11?,12?,13?,14-/m0/s1. The van der Waals surface area contributed by atoms with Crippen LogP contribution in [0.5, 0.6) is 0 Å². The molecule has 0 radical (unpaired) electrons. The third-order valence-electron chi connectivity index (χ3n) is 4.07. The van der Waals surface area contributed by atoms with Crippen LogP contribution in [0.25, 0.3) is 0 Å². The van der Waals surface area contributed by atoms with E-state index >= 15 is 0 Å². The highest BCUT2D eigenvalue weighted by molar-refractivity contribution is 14.1. The van der Waals surface area contributed by atoms with Gasteiger partial charge in [-0.15, -0.1) is 0 Å². The molecule has 0 aromatic rings. The van der Waals surface area contributed by atoms with Crippen molar-refractivity contribution < 1.29 is 34.3 Å². The van der Waals surface area contributed by atoms with Gasteiger partial charge in [0.1, 0.15) is 30.5 Å². The first kappa shape index (κ1) is 18.1. The quantitative estimate of drug-likeness (QED) is 0.424. The van der Waals surface area contributed by atoms with Gasteiger partial charge in [-0.1, -0.05) is 22.6 Å². The second-order valence-corrected chi connectivity index (χ2v) is 6.23. The van der Waals surface area contributed by atoms with Gasteiger partial charge in [0.2, 0.25) is 0 Å². The molecule has 8 heteroatoms. The zero-order valence-corrected chi connectivity index (χ0v) is 14.3. The van der Waals surface area contributed by atoms with Crippen LogP contribution in [0.4, 0.5) is 0 Å². The molecule has 7 nitrogen and oxygen atoms in total. The van der Waals surface area contributed by atoms with Crippen molar-refractivity contribution >= 4 is 28.6 Å². The highest BCUT2D eigenvalue weighted by atomic mass is 127. The molecule has 0 aromatic carbocycles. The molecule has 2 aliphatic heterocycles. The number of rotatable bonds is 4. The Balaban J connectivity index is 2.02. The number of esters is 1. The predicted molar refractivity (Wildman–Crippen MR) is 84.4 cm³/mol. The van der Waals surface area contributed by atoms with Crippen molar-refractivity contribution in [1.29, 1.82) is 0 Å². The highest BCUT2D eigenvalue weighted by Gasteiger charge is 2.49. The number of halogens is 1. The Bertz CT molecular complexity index is 414. The topological polar surface area (TPSA) is 105 Å². The monoisotopic (exact) mass is 428 g/mol. The van der Waals surface area contributed by atoms with E-state index in [1.807, 2.05) is 22.6 Å². The number of ether oxygens (including phenoxy) is 3. The van der Waals surface area contributed by atoms with Crippen LogP contribution in [-0.2, 0) is 19.0 Å². The molecule has 2 aliphatic rings. The van der Waals surface area contributed by atoms with Crippen molar-refractivity contribution in [1.82, 2.24) is 0 Å². The lowest BCUT2D eigenvalue weighted by Crippen LogP contribution is -2.63. The lowest BCUT2D eigenvalue weighted by molar-refractivity contribution is -0.274. The average molecular weight is 428 g/mol. The Morgan fingerprint density at radius 1 is 1.36 bits per heavy atom. The van der Waals surface area contributed by atoms with Gasteiger partial charge in [-0.25, -0.2) is 0 Å². The Hall–Kier alpha value is -0.260. The summed E-state index contributed by atoms with van der Waals surface area (Å²) in [6, 6.07) is 0. The minimum atomic E-state index is -1.26. The Morgan fingerprint density at radius 2 is 2.09 bits per heavy atom. The Labute approximate surface area is 142 Å². The minimum absolute atomic E-state index is 0.103. The van der Waals surface area contributed by atoms with Crippen molar-refractivity contribution in [3.63, 3.8) is 0 Å². The molecule has 6 unspecified atom stereocenters. The van der Waals surface area contributed by atoms with E-state index < -0.39 is 36.6 Å². The smallest absolute Gasteiger partial charge is 0.308 e.